The second-order valence-electron chi connectivity index (χ2n) is 2.08. The fourth-order valence-electron chi connectivity index (χ4n) is 0.765. The summed E-state index contributed by atoms with van der Waals surface area (Å²) in [6.45, 7) is 0. The molecule has 11 heavy (non-hydrogen) atoms. The summed E-state index contributed by atoms with van der Waals surface area (Å²) in [5.74, 6) is 0.649. The van der Waals surface area contributed by atoms with Crippen molar-refractivity contribution in [2.45, 2.75) is 5.75 Å². The van der Waals surface area contributed by atoms with E-state index in [1.165, 1.54) is 0 Å². The Morgan fingerprint density at radius 1 is 1.55 bits per heavy atom. The molecule has 1 rings (SSSR count). The Bertz CT molecular complexity index is 303. The van der Waals surface area contributed by atoms with E-state index in [-0.39, 0.29) is 0 Å². The van der Waals surface area contributed by atoms with E-state index in [4.69, 9.17) is 5.26 Å². The minimum Gasteiger partial charge on any atom is -0.192 e. The number of nitriles is 1. The highest BCUT2D eigenvalue weighted by Crippen LogP contribution is 2.19. The van der Waals surface area contributed by atoms with Crippen LogP contribution in [0.25, 0.3) is 0 Å². The van der Waals surface area contributed by atoms with Crippen molar-refractivity contribution in [2.24, 2.45) is 0 Å². The summed E-state index contributed by atoms with van der Waals surface area (Å²) in [4.78, 5) is 0. The number of thiol groups is 1. The molecule has 0 N–H and O–H groups in total. The first-order valence-corrected chi connectivity index (χ1v) is 4.50. The highest BCUT2D eigenvalue weighted by molar-refractivity contribution is 9.10. The van der Waals surface area contributed by atoms with Crippen LogP contribution in [-0.2, 0) is 5.75 Å². The first-order valence-electron chi connectivity index (χ1n) is 3.07. The Kier molecular flexibility index (Phi) is 2.98. The number of hydrogen-bond acceptors (Lipinski definition) is 2. The highest BCUT2D eigenvalue weighted by atomic mass is 79.9. The van der Waals surface area contributed by atoms with E-state index in [0.717, 1.165) is 10.0 Å². The average molecular weight is 228 g/mol. The minimum absolute atomic E-state index is 0.649. The predicted octanol–water partition coefficient (Wildman–Crippen LogP) is 2.75. The molecule has 3 heteroatoms. The fraction of sp³-hybridized carbons (Fsp3) is 0.125. The third kappa shape index (κ3) is 1.98. The molecule has 0 aliphatic carbocycles. The largest absolute Gasteiger partial charge is 0.192 e. The molecule has 0 saturated heterocycles. The van der Waals surface area contributed by atoms with Gasteiger partial charge in [0.25, 0.3) is 0 Å². The third-order valence-electron chi connectivity index (χ3n) is 1.35. The quantitative estimate of drug-likeness (QED) is 0.734. The van der Waals surface area contributed by atoms with Gasteiger partial charge in [0.05, 0.1) is 11.6 Å². The highest BCUT2D eigenvalue weighted by Gasteiger charge is 1.98. The molecule has 0 amide bonds. The van der Waals surface area contributed by atoms with Gasteiger partial charge in [-0.2, -0.15) is 17.9 Å². The van der Waals surface area contributed by atoms with Crippen LogP contribution in [0.4, 0.5) is 0 Å². The van der Waals surface area contributed by atoms with Crippen LogP contribution >= 0.6 is 28.6 Å². The Morgan fingerprint density at radius 3 is 2.82 bits per heavy atom. The van der Waals surface area contributed by atoms with Gasteiger partial charge in [0, 0.05) is 10.2 Å². The van der Waals surface area contributed by atoms with Crippen molar-refractivity contribution in [2.75, 3.05) is 0 Å². The maximum absolute atomic E-state index is 8.56. The molecule has 0 unspecified atom stereocenters. The van der Waals surface area contributed by atoms with Gasteiger partial charge in [0.15, 0.2) is 0 Å². The zero-order valence-electron chi connectivity index (χ0n) is 5.71. The molecule has 0 atom stereocenters. The first-order chi connectivity index (χ1) is 5.27. The SMILES string of the molecule is N#Cc1ccc(Br)c(CS)c1. The van der Waals surface area contributed by atoms with Crippen molar-refractivity contribution in [3.63, 3.8) is 0 Å². The topological polar surface area (TPSA) is 23.8 Å². The van der Waals surface area contributed by atoms with Gasteiger partial charge in [-0.1, -0.05) is 15.9 Å². The van der Waals surface area contributed by atoms with E-state index in [1.807, 2.05) is 12.1 Å². The van der Waals surface area contributed by atoms with E-state index < -0.39 is 0 Å². The minimum atomic E-state index is 0.649. The Morgan fingerprint density at radius 2 is 2.27 bits per heavy atom. The first kappa shape index (κ1) is 8.63. The standard InChI is InChI=1S/C8H6BrNS/c9-8-2-1-6(4-10)3-7(8)5-11/h1-3,11H,5H2. The van der Waals surface area contributed by atoms with Crippen LogP contribution in [0.2, 0.25) is 0 Å². The molecule has 56 valence electrons. The molecule has 1 aromatic carbocycles. The molecule has 0 aliphatic rings. The van der Waals surface area contributed by atoms with Crippen molar-refractivity contribution < 1.29 is 0 Å². The van der Waals surface area contributed by atoms with E-state index in [1.54, 1.807) is 6.07 Å². The lowest BCUT2D eigenvalue weighted by Crippen LogP contribution is -1.82. The molecule has 0 fully saturated rings. The van der Waals surface area contributed by atoms with Gasteiger partial charge >= 0.3 is 0 Å². The second-order valence-corrected chi connectivity index (χ2v) is 3.25. The van der Waals surface area contributed by atoms with Gasteiger partial charge < -0.3 is 0 Å². The van der Waals surface area contributed by atoms with Crippen molar-refractivity contribution in [1.82, 2.24) is 0 Å². The van der Waals surface area contributed by atoms with E-state index in [2.05, 4.69) is 34.6 Å². The smallest absolute Gasteiger partial charge is 0.0991 e. The van der Waals surface area contributed by atoms with E-state index in [9.17, 15) is 0 Å². The van der Waals surface area contributed by atoms with E-state index >= 15 is 0 Å². The average Bonchev–Trinajstić information content (AvgIpc) is 2.05. The molecule has 1 nitrogen and oxygen atoms in total. The lowest BCUT2D eigenvalue weighted by Gasteiger charge is -1.99. The summed E-state index contributed by atoms with van der Waals surface area (Å²) in [5.41, 5.74) is 1.73. The number of benzene rings is 1. The van der Waals surface area contributed by atoms with Crippen LogP contribution in [0.15, 0.2) is 22.7 Å². The molecular formula is C8H6BrNS. The van der Waals surface area contributed by atoms with Gasteiger partial charge in [0.1, 0.15) is 0 Å². The van der Waals surface area contributed by atoms with Crippen LogP contribution in [0.1, 0.15) is 11.1 Å². The number of rotatable bonds is 1. The Balaban J connectivity index is 3.15. The summed E-state index contributed by atoms with van der Waals surface area (Å²) in [6.07, 6.45) is 0. The maximum atomic E-state index is 8.56. The Hall–Kier alpha value is -0.460. The van der Waals surface area contributed by atoms with Crippen LogP contribution in [-0.4, -0.2) is 0 Å². The zero-order chi connectivity index (χ0) is 8.27. The van der Waals surface area contributed by atoms with Gasteiger partial charge in [-0.25, -0.2) is 0 Å². The summed E-state index contributed by atoms with van der Waals surface area (Å²) in [6, 6.07) is 7.54. The Labute approximate surface area is 79.6 Å². The number of hydrogen-bond donors (Lipinski definition) is 1. The summed E-state index contributed by atoms with van der Waals surface area (Å²) in [7, 11) is 0. The summed E-state index contributed by atoms with van der Waals surface area (Å²) < 4.78 is 1.01. The fourth-order valence-corrected chi connectivity index (χ4v) is 1.63. The van der Waals surface area contributed by atoms with E-state index in [0.29, 0.717) is 11.3 Å². The predicted molar refractivity (Wildman–Crippen MR) is 51.5 cm³/mol. The van der Waals surface area contributed by atoms with Gasteiger partial charge in [-0.05, 0) is 23.8 Å². The molecule has 0 bridgehead atoms. The van der Waals surface area contributed by atoms with Gasteiger partial charge in [-0.3, -0.25) is 0 Å². The molecular weight excluding hydrogens is 222 g/mol. The third-order valence-corrected chi connectivity index (χ3v) is 2.46. The van der Waals surface area contributed by atoms with Crippen molar-refractivity contribution in [3.8, 4) is 6.07 Å². The molecule has 0 aromatic heterocycles. The molecule has 0 heterocycles. The van der Waals surface area contributed by atoms with Crippen LogP contribution in [0.5, 0.6) is 0 Å². The monoisotopic (exact) mass is 227 g/mol. The lowest BCUT2D eigenvalue weighted by atomic mass is 10.2. The maximum Gasteiger partial charge on any atom is 0.0991 e. The van der Waals surface area contributed by atoms with Crippen molar-refractivity contribution >= 4 is 28.6 Å². The van der Waals surface area contributed by atoms with Gasteiger partial charge in [0.2, 0.25) is 0 Å². The van der Waals surface area contributed by atoms with Crippen molar-refractivity contribution in [3.05, 3.63) is 33.8 Å². The number of halogens is 1. The summed E-state index contributed by atoms with van der Waals surface area (Å²) >= 11 is 7.49. The van der Waals surface area contributed by atoms with Gasteiger partial charge in [-0.15, -0.1) is 0 Å². The van der Waals surface area contributed by atoms with Crippen LogP contribution in [0, 0.1) is 11.3 Å². The molecule has 0 saturated carbocycles. The lowest BCUT2D eigenvalue weighted by molar-refractivity contribution is 1.36. The second kappa shape index (κ2) is 3.80. The molecule has 1 aromatic rings. The molecule has 0 aliphatic heterocycles. The zero-order valence-corrected chi connectivity index (χ0v) is 8.19. The normalized spacial score (nSPS) is 9.18. The molecule has 0 spiro atoms. The van der Waals surface area contributed by atoms with Crippen molar-refractivity contribution in [1.29, 1.82) is 5.26 Å². The van der Waals surface area contributed by atoms with Crippen LogP contribution in [0.3, 0.4) is 0 Å². The molecule has 0 radical (unpaired) electrons. The summed E-state index contributed by atoms with van der Waals surface area (Å²) in [5, 5.41) is 8.56. The number of nitrogens with zero attached hydrogens (tertiary/aromatic N) is 1. The van der Waals surface area contributed by atoms with Crippen LogP contribution < -0.4 is 0 Å².